The monoisotopic (exact) mass is 283 g/mol. The molecule has 0 aliphatic heterocycles. The second kappa shape index (κ2) is 6.01. The van der Waals surface area contributed by atoms with Crippen LogP contribution in [0, 0.1) is 0 Å². The van der Waals surface area contributed by atoms with Gasteiger partial charge in [0.1, 0.15) is 0 Å². The fraction of sp³-hybridized carbons (Fsp3) is 0.364. The average Bonchev–Trinajstić information content (AvgIpc) is 2.95. The summed E-state index contributed by atoms with van der Waals surface area (Å²) in [5, 5.41) is 19.6. The maximum absolute atomic E-state index is 10.6. The van der Waals surface area contributed by atoms with E-state index in [0.29, 0.717) is 5.16 Å². The second-order valence-electron chi connectivity index (χ2n) is 3.62. The van der Waals surface area contributed by atoms with Crippen LogP contribution < -0.4 is 0 Å². The lowest BCUT2D eigenvalue weighted by molar-refractivity contribution is -0.133. The van der Waals surface area contributed by atoms with Crippen LogP contribution >= 0.6 is 23.1 Å². The largest absolute Gasteiger partial charge is 0.481 e. The Morgan fingerprint density at radius 3 is 3.00 bits per heavy atom. The van der Waals surface area contributed by atoms with Crippen LogP contribution in [0.3, 0.4) is 0 Å². The molecule has 0 aliphatic rings. The van der Waals surface area contributed by atoms with E-state index >= 15 is 0 Å². The zero-order valence-corrected chi connectivity index (χ0v) is 11.5. The minimum atomic E-state index is -0.844. The van der Waals surface area contributed by atoms with Gasteiger partial charge in [0.2, 0.25) is 0 Å². The van der Waals surface area contributed by atoms with Crippen molar-refractivity contribution in [3.05, 3.63) is 17.5 Å². The third-order valence-electron chi connectivity index (χ3n) is 2.23. The molecule has 7 heteroatoms. The zero-order valence-electron chi connectivity index (χ0n) is 9.87. The van der Waals surface area contributed by atoms with Crippen molar-refractivity contribution in [1.29, 1.82) is 0 Å². The first-order valence-electron chi connectivity index (χ1n) is 5.54. The van der Waals surface area contributed by atoms with Gasteiger partial charge < -0.3 is 9.67 Å². The molecule has 18 heavy (non-hydrogen) atoms. The summed E-state index contributed by atoms with van der Waals surface area (Å²) in [5.74, 6) is -0.0183. The Kier molecular flexibility index (Phi) is 4.38. The first kappa shape index (κ1) is 13.1. The van der Waals surface area contributed by atoms with Crippen molar-refractivity contribution in [2.75, 3.05) is 5.75 Å². The maximum atomic E-state index is 10.6. The van der Waals surface area contributed by atoms with Crippen molar-refractivity contribution in [1.82, 2.24) is 14.8 Å². The number of thioether (sulfide) groups is 1. The molecule has 2 rings (SSSR count). The van der Waals surface area contributed by atoms with Gasteiger partial charge in [-0.3, -0.25) is 4.79 Å². The Balaban J connectivity index is 2.28. The summed E-state index contributed by atoms with van der Waals surface area (Å²) in [7, 11) is 0. The van der Waals surface area contributed by atoms with Crippen LogP contribution in [-0.2, 0) is 11.3 Å². The summed E-state index contributed by atoms with van der Waals surface area (Å²) in [5.41, 5.74) is 0. The van der Waals surface area contributed by atoms with Crippen LogP contribution in [0.2, 0.25) is 0 Å². The molecule has 2 heterocycles. The van der Waals surface area contributed by atoms with E-state index in [1.807, 2.05) is 22.1 Å². The topological polar surface area (TPSA) is 68.0 Å². The van der Waals surface area contributed by atoms with Crippen LogP contribution in [0.15, 0.2) is 22.7 Å². The van der Waals surface area contributed by atoms with Gasteiger partial charge in [0.25, 0.3) is 0 Å². The SMILES string of the molecule is CCCn1c(SCC(=O)O)nnc1-c1cccs1. The Bertz CT molecular complexity index is 522. The molecule has 0 saturated carbocycles. The molecule has 0 bridgehead atoms. The fourth-order valence-corrected chi connectivity index (χ4v) is 2.94. The molecule has 0 saturated heterocycles. The molecule has 2 aromatic rings. The van der Waals surface area contributed by atoms with E-state index in [0.717, 1.165) is 23.7 Å². The fourth-order valence-electron chi connectivity index (χ4n) is 1.54. The predicted octanol–water partition coefficient (Wildman–Crippen LogP) is 2.59. The number of aromatic nitrogens is 3. The number of thiophene rings is 1. The Morgan fingerprint density at radius 2 is 2.39 bits per heavy atom. The summed E-state index contributed by atoms with van der Waals surface area (Å²) < 4.78 is 1.99. The first-order chi connectivity index (χ1) is 8.72. The minimum Gasteiger partial charge on any atom is -0.481 e. The summed E-state index contributed by atoms with van der Waals surface area (Å²) in [4.78, 5) is 11.7. The van der Waals surface area contributed by atoms with Gasteiger partial charge in [-0.2, -0.15) is 0 Å². The number of hydrogen-bond acceptors (Lipinski definition) is 5. The van der Waals surface area contributed by atoms with E-state index in [-0.39, 0.29) is 5.75 Å². The molecule has 0 aromatic carbocycles. The van der Waals surface area contributed by atoms with E-state index in [2.05, 4.69) is 17.1 Å². The summed E-state index contributed by atoms with van der Waals surface area (Å²) in [6.07, 6.45) is 0.955. The molecule has 0 unspecified atom stereocenters. The number of nitrogens with zero attached hydrogens (tertiary/aromatic N) is 3. The molecule has 96 valence electrons. The molecule has 0 radical (unpaired) electrons. The van der Waals surface area contributed by atoms with Crippen molar-refractivity contribution in [2.24, 2.45) is 0 Å². The number of carboxylic acids is 1. The third kappa shape index (κ3) is 2.91. The van der Waals surface area contributed by atoms with Crippen molar-refractivity contribution in [3.8, 4) is 10.7 Å². The highest BCUT2D eigenvalue weighted by molar-refractivity contribution is 7.99. The van der Waals surface area contributed by atoms with Gasteiger partial charge in [0.15, 0.2) is 11.0 Å². The quantitative estimate of drug-likeness (QED) is 0.825. The average molecular weight is 283 g/mol. The highest BCUT2D eigenvalue weighted by Gasteiger charge is 2.15. The van der Waals surface area contributed by atoms with Crippen LogP contribution in [0.1, 0.15) is 13.3 Å². The number of carbonyl (C=O) groups is 1. The highest BCUT2D eigenvalue weighted by Crippen LogP contribution is 2.27. The van der Waals surface area contributed by atoms with Gasteiger partial charge in [-0.05, 0) is 17.9 Å². The van der Waals surface area contributed by atoms with Gasteiger partial charge >= 0.3 is 5.97 Å². The smallest absolute Gasteiger partial charge is 0.313 e. The van der Waals surface area contributed by atoms with Crippen molar-refractivity contribution in [3.63, 3.8) is 0 Å². The molecular weight excluding hydrogens is 270 g/mol. The molecule has 5 nitrogen and oxygen atoms in total. The third-order valence-corrected chi connectivity index (χ3v) is 4.05. The van der Waals surface area contributed by atoms with E-state index in [1.165, 1.54) is 11.8 Å². The Hall–Kier alpha value is -1.34. The van der Waals surface area contributed by atoms with Crippen LogP contribution in [0.5, 0.6) is 0 Å². The maximum Gasteiger partial charge on any atom is 0.313 e. The molecule has 0 aliphatic carbocycles. The molecule has 2 aromatic heterocycles. The van der Waals surface area contributed by atoms with Crippen LogP contribution in [0.4, 0.5) is 0 Å². The number of aliphatic carboxylic acids is 1. The van der Waals surface area contributed by atoms with E-state index < -0.39 is 5.97 Å². The molecular formula is C11H13N3O2S2. The lowest BCUT2D eigenvalue weighted by Gasteiger charge is -2.06. The Labute approximate surface area is 113 Å². The standard InChI is InChI=1S/C11H13N3O2S2/c1-2-5-14-10(8-4-3-6-17-8)12-13-11(14)18-7-9(15)16/h3-4,6H,2,5,7H2,1H3,(H,15,16). The van der Waals surface area contributed by atoms with Gasteiger partial charge in [-0.15, -0.1) is 21.5 Å². The summed E-state index contributed by atoms with van der Waals surface area (Å²) in [6, 6.07) is 3.96. The lowest BCUT2D eigenvalue weighted by atomic mass is 10.4. The van der Waals surface area contributed by atoms with Crippen molar-refractivity contribution < 1.29 is 9.90 Å². The normalized spacial score (nSPS) is 10.7. The van der Waals surface area contributed by atoms with Gasteiger partial charge in [-0.1, -0.05) is 24.8 Å². The predicted molar refractivity (Wildman–Crippen MR) is 72.0 cm³/mol. The molecule has 1 N–H and O–H groups in total. The summed E-state index contributed by atoms with van der Waals surface area (Å²) in [6.45, 7) is 2.87. The van der Waals surface area contributed by atoms with E-state index in [9.17, 15) is 4.79 Å². The highest BCUT2D eigenvalue weighted by atomic mass is 32.2. The summed E-state index contributed by atoms with van der Waals surface area (Å²) >= 11 is 2.81. The van der Waals surface area contributed by atoms with Gasteiger partial charge in [0, 0.05) is 6.54 Å². The molecule has 0 amide bonds. The number of hydrogen-bond donors (Lipinski definition) is 1. The number of carboxylic acid groups (broad SMARTS) is 1. The zero-order chi connectivity index (χ0) is 13.0. The van der Waals surface area contributed by atoms with Crippen molar-refractivity contribution >= 4 is 29.1 Å². The van der Waals surface area contributed by atoms with Crippen molar-refractivity contribution in [2.45, 2.75) is 25.0 Å². The van der Waals surface area contributed by atoms with Crippen LogP contribution in [0.25, 0.3) is 10.7 Å². The second-order valence-corrected chi connectivity index (χ2v) is 5.51. The first-order valence-corrected chi connectivity index (χ1v) is 7.40. The van der Waals surface area contributed by atoms with E-state index in [1.54, 1.807) is 11.3 Å². The molecule has 0 fully saturated rings. The van der Waals surface area contributed by atoms with Crippen LogP contribution in [-0.4, -0.2) is 31.6 Å². The molecule has 0 spiro atoms. The van der Waals surface area contributed by atoms with E-state index in [4.69, 9.17) is 5.11 Å². The van der Waals surface area contributed by atoms with Gasteiger partial charge in [-0.25, -0.2) is 0 Å². The number of rotatable bonds is 6. The molecule has 0 atom stereocenters. The Morgan fingerprint density at radius 1 is 1.56 bits per heavy atom. The van der Waals surface area contributed by atoms with Gasteiger partial charge in [0.05, 0.1) is 10.6 Å². The lowest BCUT2D eigenvalue weighted by Crippen LogP contribution is -2.04. The minimum absolute atomic E-state index is 0.00624.